The Bertz CT molecular complexity index is 532. The third-order valence-corrected chi connectivity index (χ3v) is 5.30. The van der Waals surface area contributed by atoms with Crippen LogP contribution in [-0.2, 0) is 10.0 Å². The van der Waals surface area contributed by atoms with E-state index >= 15 is 0 Å². The number of aliphatic hydroxyl groups excluding tert-OH is 1. The molecule has 2 unspecified atom stereocenters. The van der Waals surface area contributed by atoms with Gasteiger partial charge in [-0.1, -0.05) is 6.92 Å². The summed E-state index contributed by atoms with van der Waals surface area (Å²) >= 11 is 0. The smallest absolute Gasteiger partial charge is 0.243 e. The number of pyridine rings is 1. The summed E-state index contributed by atoms with van der Waals surface area (Å²) in [5.74, 6) is 0.327. The average molecular weight is 271 g/mol. The molecule has 0 radical (unpaired) electrons. The van der Waals surface area contributed by atoms with Crippen molar-refractivity contribution in [3.8, 4) is 0 Å². The van der Waals surface area contributed by atoms with E-state index in [1.165, 1.54) is 22.6 Å². The van der Waals surface area contributed by atoms with Crippen LogP contribution in [0.5, 0.6) is 0 Å². The van der Waals surface area contributed by atoms with E-state index in [-0.39, 0.29) is 29.3 Å². The molecule has 1 saturated heterocycles. The van der Waals surface area contributed by atoms with Crippen molar-refractivity contribution < 1.29 is 13.5 Å². The van der Waals surface area contributed by atoms with E-state index in [0.29, 0.717) is 6.54 Å². The monoisotopic (exact) mass is 271 g/mol. The highest BCUT2D eigenvalue weighted by atomic mass is 32.2. The van der Waals surface area contributed by atoms with Gasteiger partial charge in [0.1, 0.15) is 5.82 Å². The van der Waals surface area contributed by atoms with Gasteiger partial charge >= 0.3 is 0 Å². The molecule has 1 aliphatic rings. The number of nitrogen functional groups attached to an aromatic ring is 1. The van der Waals surface area contributed by atoms with Gasteiger partial charge in [-0.2, -0.15) is 4.31 Å². The van der Waals surface area contributed by atoms with E-state index < -0.39 is 10.0 Å². The Hall–Kier alpha value is -1.18. The minimum absolute atomic E-state index is 0.127. The lowest BCUT2D eigenvalue weighted by molar-refractivity contribution is 0.191. The second-order valence-electron chi connectivity index (χ2n) is 4.55. The second kappa shape index (κ2) is 4.83. The highest BCUT2D eigenvalue weighted by Gasteiger charge is 2.39. The van der Waals surface area contributed by atoms with Crippen LogP contribution < -0.4 is 5.73 Å². The van der Waals surface area contributed by atoms with Crippen LogP contribution in [-0.4, -0.2) is 42.0 Å². The molecule has 0 spiro atoms. The lowest BCUT2D eigenvalue weighted by Crippen LogP contribution is -2.39. The molecule has 3 N–H and O–H groups in total. The van der Waals surface area contributed by atoms with Gasteiger partial charge in [-0.25, -0.2) is 13.4 Å². The van der Waals surface area contributed by atoms with Gasteiger partial charge in [0, 0.05) is 18.8 Å². The highest BCUT2D eigenvalue weighted by molar-refractivity contribution is 7.89. The van der Waals surface area contributed by atoms with Gasteiger partial charge in [-0.15, -0.1) is 0 Å². The molecule has 100 valence electrons. The summed E-state index contributed by atoms with van der Waals surface area (Å²) in [6.07, 6.45) is 2.13. The fourth-order valence-corrected chi connectivity index (χ4v) is 4.02. The lowest BCUT2D eigenvalue weighted by atomic mass is 10.0. The molecule has 1 fully saturated rings. The number of nitrogens with zero attached hydrogens (tertiary/aromatic N) is 2. The molecule has 6 nitrogen and oxygen atoms in total. The minimum Gasteiger partial charge on any atom is -0.395 e. The summed E-state index contributed by atoms with van der Waals surface area (Å²) in [5.41, 5.74) is 5.50. The third kappa shape index (κ3) is 2.21. The molecule has 0 aromatic carbocycles. The van der Waals surface area contributed by atoms with Gasteiger partial charge in [0.25, 0.3) is 0 Å². The molecule has 0 saturated carbocycles. The van der Waals surface area contributed by atoms with Crippen LogP contribution in [0.2, 0.25) is 0 Å². The first kappa shape index (κ1) is 13.3. The van der Waals surface area contributed by atoms with E-state index in [1.54, 1.807) is 0 Å². The molecule has 1 aromatic heterocycles. The van der Waals surface area contributed by atoms with Crippen LogP contribution in [0.15, 0.2) is 23.2 Å². The van der Waals surface area contributed by atoms with Gasteiger partial charge in [0.2, 0.25) is 10.0 Å². The van der Waals surface area contributed by atoms with Gasteiger partial charge in [-0.05, 0) is 18.4 Å². The third-order valence-electron chi connectivity index (χ3n) is 3.38. The number of sulfonamides is 1. The topological polar surface area (TPSA) is 96.5 Å². The first-order chi connectivity index (χ1) is 8.46. The Kier molecular flexibility index (Phi) is 3.56. The minimum atomic E-state index is -3.60. The Balaban J connectivity index is 2.37. The van der Waals surface area contributed by atoms with E-state index in [0.717, 1.165) is 6.42 Å². The van der Waals surface area contributed by atoms with Crippen molar-refractivity contribution in [3.63, 3.8) is 0 Å². The zero-order valence-corrected chi connectivity index (χ0v) is 11.0. The largest absolute Gasteiger partial charge is 0.395 e. The van der Waals surface area contributed by atoms with Crippen molar-refractivity contribution in [1.29, 1.82) is 0 Å². The van der Waals surface area contributed by atoms with Crippen LogP contribution in [0.25, 0.3) is 0 Å². The second-order valence-corrected chi connectivity index (χ2v) is 6.44. The number of hydrogen-bond donors (Lipinski definition) is 2. The number of hydrogen-bond acceptors (Lipinski definition) is 5. The Morgan fingerprint density at radius 1 is 1.61 bits per heavy atom. The molecule has 2 rings (SSSR count). The number of nitrogens with two attached hydrogens (primary N) is 1. The normalized spacial score (nSPS) is 25.4. The Morgan fingerprint density at radius 2 is 2.33 bits per heavy atom. The molecule has 2 atom stereocenters. The van der Waals surface area contributed by atoms with E-state index in [2.05, 4.69) is 4.98 Å². The highest BCUT2D eigenvalue weighted by Crippen LogP contribution is 2.29. The first-order valence-electron chi connectivity index (χ1n) is 5.81. The van der Waals surface area contributed by atoms with Gasteiger partial charge in [0.15, 0.2) is 0 Å². The zero-order valence-electron chi connectivity index (χ0n) is 10.2. The van der Waals surface area contributed by atoms with Gasteiger partial charge in [0.05, 0.1) is 17.5 Å². The van der Waals surface area contributed by atoms with Gasteiger partial charge < -0.3 is 10.8 Å². The van der Waals surface area contributed by atoms with Crippen LogP contribution in [0, 0.1) is 5.92 Å². The summed E-state index contributed by atoms with van der Waals surface area (Å²) in [6, 6.07) is 2.40. The summed E-state index contributed by atoms with van der Waals surface area (Å²) in [7, 11) is -3.60. The maximum Gasteiger partial charge on any atom is 0.243 e. The predicted octanol–water partition coefficient (Wildman–Crippen LogP) is 0.0552. The maximum atomic E-state index is 12.4. The number of rotatable bonds is 3. The molecule has 0 aliphatic carbocycles. The summed E-state index contributed by atoms with van der Waals surface area (Å²) in [4.78, 5) is 3.91. The van der Waals surface area contributed by atoms with Crippen molar-refractivity contribution in [3.05, 3.63) is 18.3 Å². The van der Waals surface area contributed by atoms with Crippen LogP contribution in [0.1, 0.15) is 13.3 Å². The van der Waals surface area contributed by atoms with Crippen molar-refractivity contribution in [2.45, 2.75) is 24.3 Å². The number of anilines is 1. The first-order valence-corrected chi connectivity index (χ1v) is 7.25. The molecule has 0 bridgehead atoms. The molecule has 7 heteroatoms. The van der Waals surface area contributed by atoms with Crippen molar-refractivity contribution in [2.75, 3.05) is 18.9 Å². The molecule has 1 aliphatic heterocycles. The molecular weight excluding hydrogens is 254 g/mol. The van der Waals surface area contributed by atoms with Crippen LogP contribution in [0.3, 0.4) is 0 Å². The number of aliphatic hydroxyl groups is 1. The van der Waals surface area contributed by atoms with E-state index in [1.807, 2.05) is 6.92 Å². The molecule has 2 heterocycles. The number of aromatic nitrogens is 1. The predicted molar refractivity (Wildman–Crippen MR) is 67.2 cm³/mol. The molecule has 18 heavy (non-hydrogen) atoms. The van der Waals surface area contributed by atoms with Crippen molar-refractivity contribution >= 4 is 15.8 Å². The molecular formula is C11H17N3O3S. The Labute approximate surface area is 106 Å². The fraction of sp³-hybridized carbons (Fsp3) is 0.545. The van der Waals surface area contributed by atoms with Crippen LogP contribution in [0.4, 0.5) is 5.82 Å². The quantitative estimate of drug-likeness (QED) is 0.810. The average Bonchev–Trinajstić information content (AvgIpc) is 2.71. The Morgan fingerprint density at radius 3 is 2.94 bits per heavy atom. The maximum absolute atomic E-state index is 12.4. The fourth-order valence-electron chi connectivity index (χ4n) is 2.27. The van der Waals surface area contributed by atoms with Crippen LogP contribution >= 0.6 is 0 Å². The van der Waals surface area contributed by atoms with E-state index in [4.69, 9.17) is 5.73 Å². The summed E-state index contributed by atoms with van der Waals surface area (Å²) in [6.45, 7) is 2.20. The SMILES string of the molecule is CC1CCN(S(=O)(=O)c2ccnc(N)c2)C1CO. The van der Waals surface area contributed by atoms with Crippen molar-refractivity contribution in [1.82, 2.24) is 9.29 Å². The zero-order chi connectivity index (χ0) is 13.3. The summed E-state index contributed by atoms with van der Waals surface area (Å²) < 4.78 is 26.2. The lowest BCUT2D eigenvalue weighted by Gasteiger charge is -2.24. The standard InChI is InChI=1S/C11H17N3O3S/c1-8-3-5-14(10(8)7-15)18(16,17)9-2-4-13-11(12)6-9/h2,4,6,8,10,15H,3,5,7H2,1H3,(H2,12,13). The van der Waals surface area contributed by atoms with Crippen molar-refractivity contribution in [2.24, 2.45) is 5.92 Å². The molecule has 0 amide bonds. The molecule has 1 aromatic rings. The van der Waals surface area contributed by atoms with Gasteiger partial charge in [-0.3, -0.25) is 0 Å². The van der Waals surface area contributed by atoms with E-state index in [9.17, 15) is 13.5 Å². The summed E-state index contributed by atoms with van der Waals surface area (Å²) in [5, 5.41) is 9.33.